The SMILES string of the molecule is Cc1cccc(Sc2cc3c(cc2Cl)C=C(C(=O)O)C(C(F)(F)F)O3)c1. The lowest BCUT2D eigenvalue weighted by Crippen LogP contribution is -2.40. The molecule has 1 aliphatic rings. The molecule has 3 nitrogen and oxygen atoms in total. The van der Waals surface area contributed by atoms with Crippen LogP contribution in [0.2, 0.25) is 5.02 Å². The Kier molecular flexibility index (Phi) is 4.94. The minimum Gasteiger partial charge on any atom is -0.478 e. The summed E-state index contributed by atoms with van der Waals surface area (Å²) in [7, 11) is 0. The molecule has 0 saturated carbocycles. The van der Waals surface area contributed by atoms with Gasteiger partial charge in [-0.1, -0.05) is 41.1 Å². The lowest BCUT2D eigenvalue weighted by atomic mass is 10.0. The molecule has 0 radical (unpaired) electrons. The van der Waals surface area contributed by atoms with Gasteiger partial charge in [0.15, 0.2) is 0 Å². The van der Waals surface area contributed by atoms with Crippen LogP contribution >= 0.6 is 23.4 Å². The summed E-state index contributed by atoms with van der Waals surface area (Å²) in [5.41, 5.74) is 0.355. The van der Waals surface area contributed by atoms with Gasteiger partial charge in [-0.25, -0.2) is 4.79 Å². The van der Waals surface area contributed by atoms with Gasteiger partial charge in [-0.3, -0.25) is 0 Å². The maximum absolute atomic E-state index is 13.2. The van der Waals surface area contributed by atoms with Crippen LogP contribution < -0.4 is 4.74 Å². The molecule has 0 bridgehead atoms. The number of aryl methyl sites for hydroxylation is 1. The Hall–Kier alpha value is -2.12. The number of fused-ring (bicyclic) bond motifs is 1. The minimum absolute atomic E-state index is 0.0584. The summed E-state index contributed by atoms with van der Waals surface area (Å²) in [5, 5.41) is 9.35. The first-order valence-electron chi connectivity index (χ1n) is 7.41. The fraction of sp³-hybridized carbons (Fsp3) is 0.167. The molecule has 1 aliphatic heterocycles. The molecule has 0 aromatic heterocycles. The third kappa shape index (κ3) is 3.83. The summed E-state index contributed by atoms with van der Waals surface area (Å²) in [4.78, 5) is 12.6. The average molecular weight is 401 g/mol. The predicted molar refractivity (Wildman–Crippen MR) is 92.8 cm³/mol. The zero-order chi connectivity index (χ0) is 19.1. The Morgan fingerprint density at radius 2 is 2.00 bits per heavy atom. The second kappa shape index (κ2) is 6.89. The second-order valence-electron chi connectivity index (χ2n) is 5.68. The van der Waals surface area contributed by atoms with Crippen molar-refractivity contribution in [2.45, 2.75) is 29.0 Å². The van der Waals surface area contributed by atoms with Crippen LogP contribution in [0.4, 0.5) is 13.2 Å². The zero-order valence-corrected chi connectivity index (χ0v) is 14.9. The maximum Gasteiger partial charge on any atom is 0.430 e. The van der Waals surface area contributed by atoms with E-state index in [1.54, 1.807) is 0 Å². The van der Waals surface area contributed by atoms with Gasteiger partial charge in [0.25, 0.3) is 0 Å². The molecule has 0 amide bonds. The van der Waals surface area contributed by atoms with Crippen molar-refractivity contribution < 1.29 is 27.8 Å². The number of hydrogen-bond donors (Lipinski definition) is 1. The smallest absolute Gasteiger partial charge is 0.430 e. The summed E-state index contributed by atoms with van der Waals surface area (Å²) in [6, 6.07) is 10.4. The Morgan fingerprint density at radius 1 is 1.27 bits per heavy atom. The van der Waals surface area contributed by atoms with E-state index in [2.05, 4.69) is 0 Å². The Morgan fingerprint density at radius 3 is 2.62 bits per heavy atom. The first-order chi connectivity index (χ1) is 12.1. The number of carboxylic acid groups (broad SMARTS) is 1. The molecule has 3 rings (SSSR count). The topological polar surface area (TPSA) is 46.5 Å². The molecular formula is C18H12ClF3O3S. The lowest BCUT2D eigenvalue weighted by Gasteiger charge is -2.27. The van der Waals surface area contributed by atoms with Gasteiger partial charge < -0.3 is 9.84 Å². The van der Waals surface area contributed by atoms with Gasteiger partial charge in [-0.05, 0) is 37.3 Å². The average Bonchev–Trinajstić information content (AvgIpc) is 2.53. The summed E-state index contributed by atoms with van der Waals surface area (Å²) in [5.74, 6) is -1.75. The Balaban J connectivity index is 2.01. The summed E-state index contributed by atoms with van der Waals surface area (Å²) in [6.45, 7) is 1.92. The number of alkyl halides is 3. The third-order valence-corrected chi connectivity index (χ3v) is 5.14. The highest BCUT2D eigenvalue weighted by Crippen LogP contribution is 2.43. The van der Waals surface area contributed by atoms with Crippen molar-refractivity contribution in [2.24, 2.45) is 0 Å². The van der Waals surface area contributed by atoms with Gasteiger partial charge in [0, 0.05) is 15.4 Å². The highest BCUT2D eigenvalue weighted by atomic mass is 35.5. The molecule has 1 heterocycles. The van der Waals surface area contributed by atoms with Crippen molar-refractivity contribution in [2.75, 3.05) is 0 Å². The zero-order valence-electron chi connectivity index (χ0n) is 13.3. The molecule has 1 N–H and O–H groups in total. The van der Waals surface area contributed by atoms with E-state index in [-0.39, 0.29) is 11.3 Å². The number of rotatable bonds is 3. The van der Waals surface area contributed by atoms with Crippen molar-refractivity contribution in [1.82, 2.24) is 0 Å². The van der Waals surface area contributed by atoms with Gasteiger partial charge in [0.2, 0.25) is 6.10 Å². The molecule has 26 heavy (non-hydrogen) atoms. The monoisotopic (exact) mass is 400 g/mol. The summed E-state index contributed by atoms with van der Waals surface area (Å²) in [6.07, 6.45) is -6.41. The van der Waals surface area contributed by atoms with Crippen LogP contribution in [0.15, 0.2) is 51.8 Å². The highest BCUT2D eigenvalue weighted by molar-refractivity contribution is 7.99. The molecule has 2 aromatic rings. The molecule has 0 aliphatic carbocycles. The van der Waals surface area contributed by atoms with Crippen molar-refractivity contribution in [1.29, 1.82) is 0 Å². The normalized spacial score (nSPS) is 16.5. The highest BCUT2D eigenvalue weighted by Gasteiger charge is 2.48. The first kappa shape index (κ1) is 18.7. The van der Waals surface area contributed by atoms with Crippen LogP contribution in [0.3, 0.4) is 0 Å². The molecule has 1 atom stereocenters. The lowest BCUT2D eigenvalue weighted by molar-refractivity contribution is -0.187. The van der Waals surface area contributed by atoms with E-state index in [0.717, 1.165) is 16.5 Å². The number of ether oxygens (including phenoxy) is 1. The fourth-order valence-electron chi connectivity index (χ4n) is 2.50. The van der Waals surface area contributed by atoms with E-state index in [0.29, 0.717) is 9.92 Å². The number of carbonyl (C=O) groups is 1. The fourth-order valence-corrected chi connectivity index (χ4v) is 3.76. The minimum atomic E-state index is -4.84. The molecular weight excluding hydrogens is 389 g/mol. The molecule has 2 aromatic carbocycles. The first-order valence-corrected chi connectivity index (χ1v) is 8.61. The maximum atomic E-state index is 13.2. The largest absolute Gasteiger partial charge is 0.478 e. The number of halogens is 4. The van der Waals surface area contributed by atoms with Gasteiger partial charge in [0.1, 0.15) is 5.75 Å². The van der Waals surface area contributed by atoms with Gasteiger partial charge >= 0.3 is 12.1 Å². The van der Waals surface area contributed by atoms with E-state index < -0.39 is 23.8 Å². The number of carboxylic acids is 1. The molecule has 0 fully saturated rings. The molecule has 8 heteroatoms. The van der Waals surface area contributed by atoms with Crippen LogP contribution in [-0.2, 0) is 4.79 Å². The number of aliphatic carboxylic acids is 1. The van der Waals surface area contributed by atoms with Crippen molar-refractivity contribution in [3.63, 3.8) is 0 Å². The Bertz CT molecular complexity index is 909. The van der Waals surface area contributed by atoms with Gasteiger partial charge in [0.05, 0.1) is 10.6 Å². The van der Waals surface area contributed by atoms with Crippen LogP contribution in [0.5, 0.6) is 5.75 Å². The molecule has 0 saturated heterocycles. The quantitative estimate of drug-likeness (QED) is 0.729. The van der Waals surface area contributed by atoms with Crippen LogP contribution in [0, 0.1) is 6.92 Å². The molecule has 0 spiro atoms. The van der Waals surface area contributed by atoms with E-state index in [4.69, 9.17) is 21.4 Å². The molecule has 1 unspecified atom stereocenters. The summed E-state index contributed by atoms with van der Waals surface area (Å²) < 4.78 is 44.5. The van der Waals surface area contributed by atoms with E-state index >= 15 is 0 Å². The standard InChI is InChI=1S/C18H12ClF3O3S/c1-9-3-2-4-11(5-9)26-15-8-14-10(7-13(15)19)6-12(17(23)24)16(25-14)18(20,21)22/h2-8,16H,1H3,(H,23,24). The predicted octanol–water partition coefficient (Wildman–Crippen LogP) is 5.59. The Labute approximate surface area is 156 Å². The number of hydrogen-bond acceptors (Lipinski definition) is 3. The van der Waals surface area contributed by atoms with Crippen LogP contribution in [0.1, 0.15) is 11.1 Å². The van der Waals surface area contributed by atoms with Crippen LogP contribution in [-0.4, -0.2) is 23.4 Å². The van der Waals surface area contributed by atoms with E-state index in [9.17, 15) is 18.0 Å². The molecule has 136 valence electrons. The summed E-state index contributed by atoms with van der Waals surface area (Å²) >= 11 is 7.52. The van der Waals surface area contributed by atoms with Crippen molar-refractivity contribution in [3.05, 3.63) is 58.1 Å². The third-order valence-electron chi connectivity index (χ3n) is 3.66. The van der Waals surface area contributed by atoms with Crippen molar-refractivity contribution >= 4 is 35.4 Å². The van der Waals surface area contributed by atoms with Crippen LogP contribution in [0.25, 0.3) is 6.08 Å². The van der Waals surface area contributed by atoms with E-state index in [1.807, 2.05) is 31.2 Å². The van der Waals surface area contributed by atoms with Gasteiger partial charge in [-0.15, -0.1) is 0 Å². The van der Waals surface area contributed by atoms with Crippen molar-refractivity contribution in [3.8, 4) is 5.75 Å². The van der Waals surface area contributed by atoms with Gasteiger partial charge in [-0.2, -0.15) is 13.2 Å². The second-order valence-corrected chi connectivity index (χ2v) is 7.21. The number of benzene rings is 2. The van der Waals surface area contributed by atoms with E-state index in [1.165, 1.54) is 23.9 Å².